The van der Waals surface area contributed by atoms with Crippen molar-refractivity contribution in [3.63, 3.8) is 0 Å². The molecule has 3 unspecified atom stereocenters. The molecule has 1 N–H and O–H groups in total. The van der Waals surface area contributed by atoms with Gasteiger partial charge in [0.1, 0.15) is 0 Å². The van der Waals surface area contributed by atoms with Crippen molar-refractivity contribution < 1.29 is 18.3 Å². The monoisotopic (exact) mass is 302 g/mol. The van der Waals surface area contributed by atoms with E-state index >= 15 is 0 Å². The summed E-state index contributed by atoms with van der Waals surface area (Å²) >= 11 is 0. The largest absolute Gasteiger partial charge is 0.481 e. The Morgan fingerprint density at radius 1 is 1.15 bits per heavy atom. The van der Waals surface area contributed by atoms with E-state index in [1.165, 1.54) is 6.42 Å². The van der Waals surface area contributed by atoms with Crippen LogP contribution in [0.3, 0.4) is 0 Å². The molecule has 3 aliphatic rings. The molecular weight excluding hydrogens is 280 g/mol. The molecular formula is C13H22N2O4S. The predicted octanol–water partition coefficient (Wildman–Crippen LogP) is -0.203. The normalized spacial score (nSPS) is 37.9. The van der Waals surface area contributed by atoms with Crippen LogP contribution in [0.15, 0.2) is 0 Å². The maximum Gasteiger partial charge on any atom is 0.304 e. The number of aliphatic carboxylic acids is 1. The summed E-state index contributed by atoms with van der Waals surface area (Å²) in [6.45, 7) is 2.70. The number of rotatable bonds is 3. The molecule has 3 heterocycles. The molecule has 0 aliphatic carbocycles. The maximum absolute atomic E-state index is 11.8. The van der Waals surface area contributed by atoms with Gasteiger partial charge in [-0.25, -0.2) is 8.42 Å². The minimum absolute atomic E-state index is 0.00250. The second kappa shape index (κ2) is 5.27. The first kappa shape index (κ1) is 14.3. The molecule has 0 aromatic carbocycles. The Labute approximate surface area is 119 Å². The van der Waals surface area contributed by atoms with E-state index in [-0.39, 0.29) is 24.0 Å². The zero-order valence-electron chi connectivity index (χ0n) is 11.6. The van der Waals surface area contributed by atoms with Crippen molar-refractivity contribution in [1.29, 1.82) is 0 Å². The van der Waals surface area contributed by atoms with Gasteiger partial charge in [0.15, 0.2) is 9.84 Å². The minimum atomic E-state index is -3.08. The van der Waals surface area contributed by atoms with Gasteiger partial charge < -0.3 is 5.11 Å². The smallest absolute Gasteiger partial charge is 0.304 e. The van der Waals surface area contributed by atoms with Gasteiger partial charge in [-0.05, 0) is 25.8 Å². The number of sulfone groups is 1. The third-order valence-electron chi connectivity index (χ3n) is 4.98. The fourth-order valence-electron chi connectivity index (χ4n) is 4.16. The van der Waals surface area contributed by atoms with Gasteiger partial charge >= 0.3 is 5.97 Å². The molecule has 0 aromatic heterocycles. The average Bonchev–Trinajstić information content (AvgIpc) is 2.90. The Balaban J connectivity index is 1.77. The molecule has 0 aromatic rings. The highest BCUT2D eigenvalue weighted by Crippen LogP contribution is 2.33. The van der Waals surface area contributed by atoms with Crippen molar-refractivity contribution in [2.24, 2.45) is 0 Å². The molecule has 3 atom stereocenters. The summed E-state index contributed by atoms with van der Waals surface area (Å²) in [5.41, 5.74) is 0. The second-order valence-electron chi connectivity index (χ2n) is 6.21. The predicted molar refractivity (Wildman–Crippen MR) is 74.4 cm³/mol. The van der Waals surface area contributed by atoms with Crippen molar-refractivity contribution in [3.8, 4) is 0 Å². The van der Waals surface area contributed by atoms with Crippen LogP contribution in [0.2, 0.25) is 0 Å². The topological polar surface area (TPSA) is 77.9 Å². The minimum Gasteiger partial charge on any atom is -0.481 e. The standard InChI is InChI=1S/C13H22N2O4S/c16-13(17)8-10-9-20(18,19)7-6-15(10)12-3-5-14-4-1-2-11(12)14/h10-12H,1-9H2,(H,16,17). The average molecular weight is 302 g/mol. The molecule has 3 fully saturated rings. The SMILES string of the molecule is O=C(O)CC1CS(=O)(=O)CCN1C1CCN2CCCC12. The molecule has 7 heteroatoms. The van der Waals surface area contributed by atoms with Gasteiger partial charge in [-0.15, -0.1) is 0 Å². The van der Waals surface area contributed by atoms with Gasteiger partial charge in [-0.3, -0.25) is 14.6 Å². The first-order valence-electron chi connectivity index (χ1n) is 7.38. The van der Waals surface area contributed by atoms with Crippen molar-refractivity contribution in [1.82, 2.24) is 9.80 Å². The summed E-state index contributed by atoms with van der Waals surface area (Å²) in [4.78, 5) is 15.7. The summed E-state index contributed by atoms with van der Waals surface area (Å²) < 4.78 is 23.6. The van der Waals surface area contributed by atoms with E-state index < -0.39 is 15.8 Å². The van der Waals surface area contributed by atoms with Crippen LogP contribution < -0.4 is 0 Å². The summed E-state index contributed by atoms with van der Waals surface area (Å²) in [6, 6.07) is 0.501. The Morgan fingerprint density at radius 3 is 2.70 bits per heavy atom. The third kappa shape index (κ3) is 2.71. The van der Waals surface area contributed by atoms with E-state index in [0.717, 1.165) is 25.9 Å². The van der Waals surface area contributed by atoms with Crippen LogP contribution in [-0.4, -0.2) is 78.6 Å². The summed E-state index contributed by atoms with van der Waals surface area (Å²) in [5, 5.41) is 9.05. The van der Waals surface area contributed by atoms with Crippen LogP contribution in [0, 0.1) is 0 Å². The lowest BCUT2D eigenvalue weighted by Crippen LogP contribution is -2.56. The van der Waals surface area contributed by atoms with Crippen LogP contribution in [0.1, 0.15) is 25.7 Å². The highest BCUT2D eigenvalue weighted by Gasteiger charge is 2.44. The molecule has 6 nitrogen and oxygen atoms in total. The fraction of sp³-hybridized carbons (Fsp3) is 0.923. The van der Waals surface area contributed by atoms with Gasteiger partial charge in [0, 0.05) is 31.2 Å². The molecule has 20 heavy (non-hydrogen) atoms. The van der Waals surface area contributed by atoms with Gasteiger partial charge in [-0.1, -0.05) is 0 Å². The molecule has 0 amide bonds. The molecule has 0 radical (unpaired) electrons. The summed E-state index contributed by atoms with van der Waals surface area (Å²) in [5.74, 6) is -0.729. The lowest BCUT2D eigenvalue weighted by molar-refractivity contribution is -0.138. The van der Waals surface area contributed by atoms with E-state index in [2.05, 4.69) is 9.80 Å². The maximum atomic E-state index is 11.8. The van der Waals surface area contributed by atoms with E-state index in [9.17, 15) is 13.2 Å². The number of carbonyl (C=O) groups is 1. The number of hydrogen-bond acceptors (Lipinski definition) is 5. The van der Waals surface area contributed by atoms with Crippen molar-refractivity contribution in [2.45, 2.75) is 43.8 Å². The van der Waals surface area contributed by atoms with Gasteiger partial charge in [0.25, 0.3) is 0 Å². The van der Waals surface area contributed by atoms with E-state index in [0.29, 0.717) is 18.6 Å². The zero-order chi connectivity index (χ0) is 14.3. The molecule has 114 valence electrons. The van der Waals surface area contributed by atoms with E-state index in [4.69, 9.17) is 5.11 Å². The Hall–Kier alpha value is -0.660. The van der Waals surface area contributed by atoms with Crippen LogP contribution in [0.25, 0.3) is 0 Å². The second-order valence-corrected chi connectivity index (χ2v) is 8.43. The highest BCUT2D eigenvalue weighted by atomic mass is 32.2. The quantitative estimate of drug-likeness (QED) is 0.778. The first-order valence-corrected chi connectivity index (χ1v) is 9.20. The highest BCUT2D eigenvalue weighted by molar-refractivity contribution is 7.91. The van der Waals surface area contributed by atoms with Crippen molar-refractivity contribution >= 4 is 15.8 Å². The molecule has 0 bridgehead atoms. The fourth-order valence-corrected chi connectivity index (χ4v) is 5.71. The Bertz CT molecular complexity index is 493. The van der Waals surface area contributed by atoms with Gasteiger partial charge in [-0.2, -0.15) is 0 Å². The lowest BCUT2D eigenvalue weighted by atomic mass is 10.0. The summed E-state index contributed by atoms with van der Waals surface area (Å²) in [7, 11) is -3.08. The molecule has 3 aliphatic heterocycles. The third-order valence-corrected chi connectivity index (χ3v) is 6.68. The van der Waals surface area contributed by atoms with Crippen molar-refractivity contribution in [2.75, 3.05) is 31.1 Å². The number of hydrogen-bond donors (Lipinski definition) is 1. The first-order chi connectivity index (χ1) is 9.46. The lowest BCUT2D eigenvalue weighted by Gasteiger charge is -2.41. The molecule has 3 saturated heterocycles. The number of carboxylic acid groups (broad SMARTS) is 1. The number of carboxylic acids is 1. The van der Waals surface area contributed by atoms with Crippen molar-refractivity contribution in [3.05, 3.63) is 0 Å². The van der Waals surface area contributed by atoms with Crippen LogP contribution in [-0.2, 0) is 14.6 Å². The van der Waals surface area contributed by atoms with Gasteiger partial charge in [0.05, 0.1) is 17.9 Å². The van der Waals surface area contributed by atoms with Crippen LogP contribution in [0.5, 0.6) is 0 Å². The Kier molecular flexibility index (Phi) is 3.77. The van der Waals surface area contributed by atoms with Crippen LogP contribution >= 0.6 is 0 Å². The Morgan fingerprint density at radius 2 is 1.95 bits per heavy atom. The number of nitrogens with zero attached hydrogens (tertiary/aromatic N) is 2. The van der Waals surface area contributed by atoms with Gasteiger partial charge in [0.2, 0.25) is 0 Å². The molecule has 0 saturated carbocycles. The zero-order valence-corrected chi connectivity index (χ0v) is 12.4. The summed E-state index contributed by atoms with van der Waals surface area (Å²) in [6.07, 6.45) is 3.34. The van der Waals surface area contributed by atoms with E-state index in [1.54, 1.807) is 0 Å². The van der Waals surface area contributed by atoms with E-state index in [1.807, 2.05) is 0 Å². The molecule has 0 spiro atoms. The van der Waals surface area contributed by atoms with Crippen LogP contribution in [0.4, 0.5) is 0 Å². The number of fused-ring (bicyclic) bond motifs is 1. The molecule has 3 rings (SSSR count).